The number of nitriles is 1. The van der Waals surface area contributed by atoms with Crippen molar-refractivity contribution >= 4 is 40.4 Å². The molecule has 0 saturated heterocycles. The van der Waals surface area contributed by atoms with Crippen LogP contribution >= 0.6 is 23.3 Å². The third-order valence-electron chi connectivity index (χ3n) is 4.04. The van der Waals surface area contributed by atoms with E-state index in [-0.39, 0.29) is 11.4 Å². The lowest BCUT2D eigenvalue weighted by Gasteiger charge is -2.10. The monoisotopic (exact) mass is 413 g/mol. The van der Waals surface area contributed by atoms with Crippen LogP contribution in [0, 0.1) is 31.0 Å². The summed E-state index contributed by atoms with van der Waals surface area (Å²) in [7, 11) is 0. The molecule has 0 aliphatic rings. The summed E-state index contributed by atoms with van der Waals surface area (Å²) >= 11 is 2.41. The predicted molar refractivity (Wildman–Crippen MR) is 109 cm³/mol. The molecule has 28 heavy (non-hydrogen) atoms. The van der Waals surface area contributed by atoms with Crippen LogP contribution in [0.15, 0.2) is 41.1 Å². The Bertz CT molecular complexity index is 1110. The van der Waals surface area contributed by atoms with Crippen LogP contribution in [-0.4, -0.2) is 26.1 Å². The van der Waals surface area contributed by atoms with Gasteiger partial charge in [-0.25, -0.2) is 4.39 Å². The number of benzene rings is 1. The second-order valence-corrected chi connectivity index (χ2v) is 7.35. The summed E-state index contributed by atoms with van der Waals surface area (Å²) in [6.45, 7) is 3.65. The van der Waals surface area contributed by atoms with Crippen LogP contribution < -0.4 is 5.32 Å². The molecule has 142 valence electrons. The number of amides is 1. The van der Waals surface area contributed by atoms with Crippen LogP contribution in [-0.2, 0) is 4.79 Å². The lowest BCUT2D eigenvalue weighted by molar-refractivity contribution is -0.112. The van der Waals surface area contributed by atoms with Gasteiger partial charge in [0.15, 0.2) is 0 Å². The molecule has 2 aromatic heterocycles. The van der Waals surface area contributed by atoms with Gasteiger partial charge in [0.2, 0.25) is 10.3 Å². The van der Waals surface area contributed by atoms with Crippen LogP contribution in [0.2, 0.25) is 0 Å². The van der Waals surface area contributed by atoms with Crippen molar-refractivity contribution < 1.29 is 9.18 Å². The maximum absolute atomic E-state index is 14.2. The zero-order valence-electron chi connectivity index (χ0n) is 15.4. The van der Waals surface area contributed by atoms with Crippen molar-refractivity contribution in [3.63, 3.8) is 0 Å². The highest BCUT2D eigenvalue weighted by molar-refractivity contribution is 7.98. The smallest absolute Gasteiger partial charge is 0.268 e. The van der Waals surface area contributed by atoms with Crippen LogP contribution in [0.3, 0.4) is 0 Å². The van der Waals surface area contributed by atoms with E-state index >= 15 is 0 Å². The minimum Gasteiger partial charge on any atom is -0.315 e. The molecule has 1 amide bonds. The molecule has 0 aliphatic heterocycles. The Balaban J connectivity index is 1.93. The second kappa shape index (κ2) is 8.37. The van der Waals surface area contributed by atoms with Gasteiger partial charge in [-0.3, -0.25) is 10.1 Å². The number of hydrogen-bond donors (Lipinski definition) is 1. The van der Waals surface area contributed by atoms with Gasteiger partial charge in [0.05, 0.1) is 5.69 Å². The van der Waals surface area contributed by atoms with E-state index in [1.807, 2.05) is 32.2 Å². The van der Waals surface area contributed by atoms with E-state index in [4.69, 9.17) is 0 Å². The highest BCUT2D eigenvalue weighted by atomic mass is 32.2. The quantitative estimate of drug-likeness (QED) is 0.382. The molecular weight excluding hydrogens is 397 g/mol. The molecule has 0 atom stereocenters. The number of aromatic nitrogens is 3. The molecule has 0 radical (unpaired) electrons. The molecule has 0 unspecified atom stereocenters. The van der Waals surface area contributed by atoms with E-state index in [2.05, 4.69) is 14.7 Å². The molecule has 1 aromatic carbocycles. The number of nitrogens with one attached hydrogen (secondary N) is 1. The minimum absolute atomic E-state index is 0.0744. The lowest BCUT2D eigenvalue weighted by Crippen LogP contribution is -2.13. The van der Waals surface area contributed by atoms with Crippen LogP contribution in [0.1, 0.15) is 17.0 Å². The second-order valence-electron chi connectivity index (χ2n) is 5.82. The lowest BCUT2D eigenvalue weighted by atomic mass is 10.1. The van der Waals surface area contributed by atoms with Gasteiger partial charge in [0.25, 0.3) is 5.91 Å². The van der Waals surface area contributed by atoms with Crippen LogP contribution in [0.4, 0.5) is 9.52 Å². The van der Waals surface area contributed by atoms with Gasteiger partial charge in [-0.15, -0.1) is 0 Å². The van der Waals surface area contributed by atoms with Crippen molar-refractivity contribution in [2.75, 3.05) is 11.6 Å². The minimum atomic E-state index is -0.568. The van der Waals surface area contributed by atoms with Gasteiger partial charge < -0.3 is 4.57 Å². The zero-order chi connectivity index (χ0) is 20.3. The normalized spacial score (nSPS) is 11.3. The van der Waals surface area contributed by atoms with Gasteiger partial charge in [-0.1, -0.05) is 23.9 Å². The van der Waals surface area contributed by atoms with Crippen molar-refractivity contribution in [2.45, 2.75) is 19.0 Å². The fourth-order valence-electron chi connectivity index (χ4n) is 2.75. The van der Waals surface area contributed by atoms with E-state index in [0.717, 1.165) is 22.9 Å². The predicted octanol–water partition coefficient (Wildman–Crippen LogP) is 4.35. The SMILES string of the molecule is CSc1nsc(NC(=O)/C(C#N)=C\c2cc(C)n(-c3ccccc3F)c2C)n1. The first-order chi connectivity index (χ1) is 13.4. The largest absolute Gasteiger partial charge is 0.315 e. The number of aryl methyl sites for hydroxylation is 1. The highest BCUT2D eigenvalue weighted by Gasteiger charge is 2.16. The van der Waals surface area contributed by atoms with E-state index in [0.29, 0.717) is 21.5 Å². The number of halogens is 1. The summed E-state index contributed by atoms with van der Waals surface area (Å²) in [5, 5.41) is 12.9. The standard InChI is InChI=1S/C19H16FN5OS2/c1-11-8-13(12(2)25(11)16-7-5-4-6-15(16)20)9-14(10-21)17(26)22-18-23-19(27-3)24-28-18/h4-9H,1-3H3,(H,22,23,24,26)/b14-9-. The number of carbonyl (C=O) groups is 1. The molecule has 6 nitrogen and oxygen atoms in total. The molecule has 0 fully saturated rings. The molecule has 0 bridgehead atoms. The Labute approximate surface area is 169 Å². The van der Waals surface area contributed by atoms with E-state index in [1.165, 1.54) is 23.9 Å². The average Bonchev–Trinajstić information content (AvgIpc) is 3.24. The fraction of sp³-hybridized carbons (Fsp3) is 0.158. The Morgan fingerprint density at radius 1 is 1.39 bits per heavy atom. The maximum atomic E-state index is 14.2. The molecule has 2 heterocycles. The summed E-state index contributed by atoms with van der Waals surface area (Å²) in [5.74, 6) is -0.916. The van der Waals surface area contributed by atoms with Crippen molar-refractivity contribution in [3.8, 4) is 11.8 Å². The molecule has 0 saturated carbocycles. The number of thioether (sulfide) groups is 1. The summed E-state index contributed by atoms with van der Waals surface area (Å²) in [4.78, 5) is 16.6. The molecular formula is C19H16FN5OS2. The number of rotatable bonds is 5. The number of carbonyl (C=O) groups excluding carboxylic acids is 1. The number of hydrogen-bond acceptors (Lipinski definition) is 6. The van der Waals surface area contributed by atoms with Gasteiger partial charge in [-0.05, 0) is 49.9 Å². The summed E-state index contributed by atoms with van der Waals surface area (Å²) in [5.41, 5.74) is 2.52. The topological polar surface area (TPSA) is 83.6 Å². The summed E-state index contributed by atoms with van der Waals surface area (Å²) in [6.07, 6.45) is 3.32. The van der Waals surface area contributed by atoms with Gasteiger partial charge in [0.1, 0.15) is 17.5 Å². The number of nitrogens with zero attached hydrogens (tertiary/aromatic N) is 4. The van der Waals surface area contributed by atoms with E-state index < -0.39 is 5.91 Å². The van der Waals surface area contributed by atoms with Gasteiger partial charge in [0, 0.05) is 22.9 Å². The Kier molecular flexibility index (Phi) is 5.92. The van der Waals surface area contributed by atoms with Crippen molar-refractivity contribution in [1.29, 1.82) is 5.26 Å². The number of para-hydroxylation sites is 1. The molecule has 9 heteroatoms. The zero-order valence-corrected chi connectivity index (χ0v) is 17.0. The van der Waals surface area contributed by atoms with Crippen LogP contribution in [0.25, 0.3) is 11.8 Å². The van der Waals surface area contributed by atoms with Gasteiger partial charge >= 0.3 is 0 Å². The van der Waals surface area contributed by atoms with Gasteiger partial charge in [-0.2, -0.15) is 14.6 Å². The first-order valence-electron chi connectivity index (χ1n) is 8.19. The average molecular weight is 414 g/mol. The van der Waals surface area contributed by atoms with E-state index in [1.54, 1.807) is 22.8 Å². The third kappa shape index (κ3) is 3.98. The molecule has 0 aliphatic carbocycles. The highest BCUT2D eigenvalue weighted by Crippen LogP contribution is 2.25. The van der Waals surface area contributed by atoms with Crippen molar-refractivity contribution in [1.82, 2.24) is 13.9 Å². The van der Waals surface area contributed by atoms with Crippen LogP contribution in [0.5, 0.6) is 0 Å². The van der Waals surface area contributed by atoms with Crippen molar-refractivity contribution in [3.05, 3.63) is 58.7 Å². The Hall–Kier alpha value is -2.96. The summed E-state index contributed by atoms with van der Waals surface area (Å²) in [6, 6.07) is 10.2. The number of anilines is 1. The molecule has 3 rings (SSSR count). The molecule has 1 N–H and O–H groups in total. The maximum Gasteiger partial charge on any atom is 0.268 e. The molecule has 3 aromatic rings. The third-order valence-corrected chi connectivity index (χ3v) is 5.33. The van der Waals surface area contributed by atoms with E-state index in [9.17, 15) is 14.4 Å². The Morgan fingerprint density at radius 2 is 2.14 bits per heavy atom. The van der Waals surface area contributed by atoms with Crippen molar-refractivity contribution in [2.24, 2.45) is 0 Å². The first kappa shape index (κ1) is 19.8. The fourth-order valence-corrected chi connectivity index (χ4v) is 3.87. The first-order valence-corrected chi connectivity index (χ1v) is 10.2. The molecule has 0 spiro atoms. The summed E-state index contributed by atoms with van der Waals surface area (Å²) < 4.78 is 20.0. The Morgan fingerprint density at radius 3 is 2.79 bits per heavy atom.